The maximum Gasteiger partial charge on any atom is 0.272 e. The second-order valence-corrected chi connectivity index (χ2v) is 7.61. The molecule has 2 heterocycles. The maximum absolute atomic E-state index is 12.6. The van der Waals surface area contributed by atoms with Crippen LogP contribution in [0, 0.1) is 11.8 Å². The first-order chi connectivity index (χ1) is 10.5. The SMILES string of the molecule is O=S(=O)(c1ccc(OCC(F)F)cc1)N1C[C@H]2CNC[C@H]2C1. The molecule has 0 saturated carbocycles. The summed E-state index contributed by atoms with van der Waals surface area (Å²) in [5.41, 5.74) is 0. The smallest absolute Gasteiger partial charge is 0.272 e. The molecule has 0 spiro atoms. The highest BCUT2D eigenvalue weighted by Crippen LogP contribution is 2.31. The predicted molar refractivity (Wildman–Crippen MR) is 76.5 cm³/mol. The molecule has 0 aromatic heterocycles. The fourth-order valence-electron chi connectivity index (χ4n) is 3.02. The average Bonchev–Trinajstić information content (AvgIpc) is 3.07. The summed E-state index contributed by atoms with van der Waals surface area (Å²) in [6.07, 6.45) is -2.55. The Morgan fingerprint density at radius 3 is 2.32 bits per heavy atom. The lowest BCUT2D eigenvalue weighted by Gasteiger charge is -2.17. The molecule has 8 heteroatoms. The molecular formula is C14H18F2N2O3S. The standard InChI is InChI=1S/C14H18F2N2O3S/c15-14(16)9-21-12-1-3-13(4-2-12)22(19,20)18-7-10-5-17-6-11(10)8-18/h1-4,10-11,14,17H,5-9H2/t10-,11+. The zero-order valence-corrected chi connectivity index (χ0v) is 12.7. The van der Waals surface area contributed by atoms with Crippen LogP contribution in [0.3, 0.4) is 0 Å². The van der Waals surface area contributed by atoms with Crippen LogP contribution >= 0.6 is 0 Å². The van der Waals surface area contributed by atoms with Gasteiger partial charge in [0.25, 0.3) is 6.43 Å². The molecule has 0 amide bonds. The minimum absolute atomic E-state index is 0.171. The first-order valence-corrected chi connectivity index (χ1v) is 8.62. The van der Waals surface area contributed by atoms with E-state index in [1.807, 2.05) is 0 Å². The third-order valence-electron chi connectivity index (χ3n) is 4.19. The number of hydrogen-bond acceptors (Lipinski definition) is 4. The molecule has 22 heavy (non-hydrogen) atoms. The summed E-state index contributed by atoms with van der Waals surface area (Å²) in [5, 5.41) is 3.27. The first kappa shape index (κ1) is 15.6. The van der Waals surface area contributed by atoms with Gasteiger partial charge in [0.15, 0.2) is 0 Å². The average molecular weight is 332 g/mol. The monoisotopic (exact) mass is 332 g/mol. The molecule has 1 aromatic rings. The van der Waals surface area contributed by atoms with E-state index in [1.165, 1.54) is 28.6 Å². The van der Waals surface area contributed by atoms with Gasteiger partial charge in [-0.25, -0.2) is 17.2 Å². The van der Waals surface area contributed by atoms with Crippen molar-refractivity contribution in [2.75, 3.05) is 32.8 Å². The van der Waals surface area contributed by atoms with Crippen LogP contribution in [0.5, 0.6) is 5.75 Å². The fraction of sp³-hybridized carbons (Fsp3) is 0.571. The van der Waals surface area contributed by atoms with Gasteiger partial charge in [-0.1, -0.05) is 0 Å². The molecule has 3 rings (SSSR count). The maximum atomic E-state index is 12.6. The number of ether oxygens (including phenoxy) is 1. The second kappa shape index (κ2) is 6.10. The van der Waals surface area contributed by atoms with Crippen LogP contribution in [0.25, 0.3) is 0 Å². The summed E-state index contributed by atoms with van der Waals surface area (Å²) in [5.74, 6) is 0.994. The van der Waals surface area contributed by atoms with Crippen molar-refractivity contribution in [2.24, 2.45) is 11.8 Å². The lowest BCUT2D eigenvalue weighted by atomic mass is 10.0. The third kappa shape index (κ3) is 3.09. The number of hydrogen-bond donors (Lipinski definition) is 1. The van der Waals surface area contributed by atoms with Gasteiger partial charge in [0, 0.05) is 13.1 Å². The van der Waals surface area contributed by atoms with Crippen molar-refractivity contribution >= 4 is 10.0 Å². The summed E-state index contributed by atoms with van der Waals surface area (Å²) in [6, 6.07) is 5.63. The van der Waals surface area contributed by atoms with Gasteiger partial charge < -0.3 is 10.1 Å². The van der Waals surface area contributed by atoms with Crippen molar-refractivity contribution in [1.29, 1.82) is 0 Å². The number of sulfonamides is 1. The molecule has 2 fully saturated rings. The Labute approximate surface area is 128 Å². The van der Waals surface area contributed by atoms with Gasteiger partial charge in [0.2, 0.25) is 10.0 Å². The van der Waals surface area contributed by atoms with Crippen molar-refractivity contribution in [3.05, 3.63) is 24.3 Å². The highest BCUT2D eigenvalue weighted by atomic mass is 32.2. The van der Waals surface area contributed by atoms with Gasteiger partial charge in [0.1, 0.15) is 12.4 Å². The Kier molecular flexibility index (Phi) is 4.33. The van der Waals surface area contributed by atoms with Crippen LogP contribution in [0.1, 0.15) is 0 Å². The lowest BCUT2D eigenvalue weighted by Crippen LogP contribution is -2.31. The van der Waals surface area contributed by atoms with Crippen LogP contribution in [-0.4, -0.2) is 51.9 Å². The van der Waals surface area contributed by atoms with Crippen LogP contribution < -0.4 is 10.1 Å². The number of benzene rings is 1. The van der Waals surface area contributed by atoms with E-state index in [0.717, 1.165) is 13.1 Å². The first-order valence-electron chi connectivity index (χ1n) is 7.18. The van der Waals surface area contributed by atoms with Gasteiger partial charge in [-0.2, -0.15) is 4.31 Å². The number of nitrogens with zero attached hydrogens (tertiary/aromatic N) is 1. The Morgan fingerprint density at radius 1 is 1.18 bits per heavy atom. The van der Waals surface area contributed by atoms with E-state index in [2.05, 4.69) is 5.32 Å². The van der Waals surface area contributed by atoms with Gasteiger partial charge >= 0.3 is 0 Å². The molecule has 1 aromatic carbocycles. The number of nitrogens with one attached hydrogen (secondary N) is 1. The number of alkyl halides is 2. The normalized spacial score (nSPS) is 25.6. The minimum Gasteiger partial charge on any atom is -0.488 e. The number of rotatable bonds is 5. The third-order valence-corrected chi connectivity index (χ3v) is 6.04. The number of fused-ring (bicyclic) bond motifs is 1. The summed E-state index contributed by atoms with van der Waals surface area (Å²) >= 11 is 0. The Balaban J connectivity index is 1.70. The molecule has 0 aliphatic carbocycles. The Bertz CT molecular complexity index is 609. The molecular weight excluding hydrogens is 314 g/mol. The molecule has 1 N–H and O–H groups in total. The molecule has 0 unspecified atom stereocenters. The lowest BCUT2D eigenvalue weighted by molar-refractivity contribution is 0.0819. The van der Waals surface area contributed by atoms with Gasteiger partial charge in [0.05, 0.1) is 4.90 Å². The van der Waals surface area contributed by atoms with E-state index in [0.29, 0.717) is 24.9 Å². The topological polar surface area (TPSA) is 58.6 Å². The summed E-state index contributed by atoms with van der Waals surface area (Å²) in [6.45, 7) is 2.08. The zero-order chi connectivity index (χ0) is 15.7. The van der Waals surface area contributed by atoms with Gasteiger partial charge in [-0.15, -0.1) is 0 Å². The fourth-order valence-corrected chi connectivity index (χ4v) is 4.58. The molecule has 122 valence electrons. The summed E-state index contributed by atoms with van der Waals surface area (Å²) in [7, 11) is -3.53. The second-order valence-electron chi connectivity index (χ2n) is 5.67. The van der Waals surface area contributed by atoms with Crippen molar-refractivity contribution in [3.63, 3.8) is 0 Å². The van der Waals surface area contributed by atoms with E-state index in [9.17, 15) is 17.2 Å². The molecule has 2 aliphatic rings. The van der Waals surface area contributed by atoms with Gasteiger partial charge in [-0.05, 0) is 49.2 Å². The van der Waals surface area contributed by atoms with E-state index in [4.69, 9.17) is 4.74 Å². The highest BCUT2D eigenvalue weighted by molar-refractivity contribution is 7.89. The van der Waals surface area contributed by atoms with Crippen molar-refractivity contribution in [1.82, 2.24) is 9.62 Å². The highest BCUT2D eigenvalue weighted by Gasteiger charge is 2.41. The Morgan fingerprint density at radius 2 is 1.77 bits per heavy atom. The summed E-state index contributed by atoms with van der Waals surface area (Å²) in [4.78, 5) is 0.171. The van der Waals surface area contributed by atoms with Crippen molar-refractivity contribution in [2.45, 2.75) is 11.3 Å². The minimum atomic E-state index is -3.53. The molecule has 2 aliphatic heterocycles. The molecule has 5 nitrogen and oxygen atoms in total. The van der Waals surface area contributed by atoms with E-state index in [1.54, 1.807) is 0 Å². The number of halogens is 2. The van der Waals surface area contributed by atoms with E-state index < -0.39 is 23.1 Å². The Hall–Kier alpha value is -1.25. The van der Waals surface area contributed by atoms with Crippen LogP contribution in [0.4, 0.5) is 8.78 Å². The van der Waals surface area contributed by atoms with E-state index in [-0.39, 0.29) is 10.6 Å². The molecule has 2 atom stereocenters. The van der Waals surface area contributed by atoms with Crippen molar-refractivity contribution < 1.29 is 21.9 Å². The molecule has 2 saturated heterocycles. The summed E-state index contributed by atoms with van der Waals surface area (Å²) < 4.78 is 55.7. The molecule has 0 radical (unpaired) electrons. The van der Waals surface area contributed by atoms with Crippen LogP contribution in [0.2, 0.25) is 0 Å². The van der Waals surface area contributed by atoms with Crippen molar-refractivity contribution in [3.8, 4) is 5.75 Å². The molecule has 0 bridgehead atoms. The zero-order valence-electron chi connectivity index (χ0n) is 11.9. The predicted octanol–water partition coefficient (Wildman–Crippen LogP) is 1.17. The van der Waals surface area contributed by atoms with Gasteiger partial charge in [-0.3, -0.25) is 0 Å². The quantitative estimate of drug-likeness (QED) is 0.879. The largest absolute Gasteiger partial charge is 0.488 e. The van der Waals surface area contributed by atoms with E-state index >= 15 is 0 Å². The van der Waals surface area contributed by atoms with Crippen LogP contribution in [-0.2, 0) is 10.0 Å². The van der Waals surface area contributed by atoms with Crippen LogP contribution in [0.15, 0.2) is 29.2 Å².